The van der Waals surface area contributed by atoms with Gasteiger partial charge in [-0.3, -0.25) is 4.90 Å². The molecule has 0 saturated carbocycles. The Hall–Kier alpha value is -2.29. The van der Waals surface area contributed by atoms with Crippen LogP contribution in [0, 0.1) is 6.92 Å². The minimum atomic E-state index is -2.49. The first-order valence-electron chi connectivity index (χ1n) is 14.2. The lowest BCUT2D eigenvalue weighted by atomic mass is 10.1. The zero-order chi connectivity index (χ0) is 27.5. The van der Waals surface area contributed by atoms with Crippen molar-refractivity contribution in [2.75, 3.05) is 44.6 Å². The van der Waals surface area contributed by atoms with E-state index in [2.05, 4.69) is 107 Å². The number of piperidine rings is 1. The Balaban J connectivity index is 1.18. The largest absolute Gasteiger partial charge is 0.402 e. The van der Waals surface area contributed by atoms with E-state index < -0.39 is 8.32 Å². The minimum Gasteiger partial charge on any atom is -0.402 e. The van der Waals surface area contributed by atoms with Gasteiger partial charge in [-0.1, -0.05) is 93.0 Å². The molecule has 0 bridgehead atoms. The molecule has 0 amide bonds. The third kappa shape index (κ3) is 6.39. The van der Waals surface area contributed by atoms with Crippen LogP contribution in [0.15, 0.2) is 66.7 Å². The van der Waals surface area contributed by atoms with Crippen molar-refractivity contribution in [3.05, 3.63) is 77.4 Å². The first-order chi connectivity index (χ1) is 18.7. The predicted octanol–water partition coefficient (Wildman–Crippen LogP) is 4.58. The molecule has 1 aromatic heterocycles. The fourth-order valence-electron chi connectivity index (χ4n) is 6.13. The van der Waals surface area contributed by atoms with Crippen LogP contribution in [-0.4, -0.2) is 79.7 Å². The van der Waals surface area contributed by atoms with E-state index in [-0.39, 0.29) is 11.1 Å². The van der Waals surface area contributed by atoms with Gasteiger partial charge in [-0.05, 0) is 53.4 Å². The van der Waals surface area contributed by atoms with Gasteiger partial charge in [-0.25, -0.2) is 0 Å². The molecule has 3 aromatic rings. The van der Waals surface area contributed by atoms with Crippen LogP contribution in [0.25, 0.3) is 0 Å². The van der Waals surface area contributed by atoms with Crippen molar-refractivity contribution < 1.29 is 4.43 Å². The van der Waals surface area contributed by atoms with Crippen molar-refractivity contribution >= 4 is 36.1 Å². The van der Waals surface area contributed by atoms with Crippen molar-refractivity contribution in [2.45, 2.75) is 57.7 Å². The Labute approximate surface area is 239 Å². The fourth-order valence-corrected chi connectivity index (χ4v) is 10.9. The van der Waals surface area contributed by atoms with Crippen LogP contribution in [0.1, 0.15) is 39.2 Å². The number of hydrogen-bond donors (Lipinski definition) is 1. The average molecular weight is 564 g/mol. The third-order valence-corrected chi connectivity index (χ3v) is 13.7. The van der Waals surface area contributed by atoms with Crippen molar-refractivity contribution in [3.8, 4) is 0 Å². The van der Waals surface area contributed by atoms with Gasteiger partial charge in [0.2, 0.25) is 0 Å². The molecule has 2 saturated heterocycles. The summed E-state index contributed by atoms with van der Waals surface area (Å²) in [6.45, 7) is 15.4. The topological polar surface area (TPSA) is 53.5 Å². The molecule has 2 fully saturated rings. The summed E-state index contributed by atoms with van der Waals surface area (Å²) in [5.74, 6) is 0.815. The van der Waals surface area contributed by atoms with Gasteiger partial charge >= 0.3 is 0 Å². The molecule has 2 aliphatic rings. The molecular formula is C31H42ClN5OSi. The number of anilines is 1. The monoisotopic (exact) mass is 563 g/mol. The van der Waals surface area contributed by atoms with Crippen molar-refractivity contribution in [2.24, 2.45) is 0 Å². The van der Waals surface area contributed by atoms with Crippen molar-refractivity contribution in [1.29, 1.82) is 0 Å². The second-order valence-electron chi connectivity index (χ2n) is 12.2. The normalized spacial score (nSPS) is 19.6. The zero-order valence-electron chi connectivity index (χ0n) is 23.7. The highest BCUT2D eigenvalue weighted by atomic mass is 35.5. The Morgan fingerprint density at radius 1 is 0.923 bits per heavy atom. The highest BCUT2D eigenvalue weighted by Gasteiger charge is 2.52. The standard InChI is InChI=1S/C31H42ClN5OSi/c1-24-20-29(34-35-30(24)32)33-25-12-11-17-36(21-25)18-19-37-22-26(23-37)38-39(31(2,3)4,27-13-7-5-8-14-27)28-15-9-6-10-16-28/h5-10,13-16,20,25-26H,11-12,17-19,21-23H2,1-4H3,(H,33,34)/t25-/m1/s1. The molecule has 0 radical (unpaired) electrons. The molecule has 6 nitrogen and oxygen atoms in total. The van der Waals surface area contributed by atoms with Crippen LogP contribution in [-0.2, 0) is 4.43 Å². The second-order valence-corrected chi connectivity index (χ2v) is 16.8. The van der Waals surface area contributed by atoms with Crippen molar-refractivity contribution in [3.63, 3.8) is 0 Å². The first-order valence-corrected chi connectivity index (χ1v) is 16.5. The summed E-state index contributed by atoms with van der Waals surface area (Å²) < 4.78 is 7.29. The fraction of sp³-hybridized carbons (Fsp3) is 0.484. The van der Waals surface area contributed by atoms with Gasteiger partial charge in [-0.2, -0.15) is 0 Å². The van der Waals surface area contributed by atoms with Crippen LogP contribution in [0.2, 0.25) is 10.2 Å². The molecule has 0 aliphatic carbocycles. The van der Waals surface area contributed by atoms with Gasteiger partial charge in [-0.15, -0.1) is 10.2 Å². The maximum atomic E-state index is 7.29. The molecule has 2 aromatic carbocycles. The van der Waals surface area contributed by atoms with Crippen LogP contribution in [0.5, 0.6) is 0 Å². The Morgan fingerprint density at radius 3 is 2.13 bits per heavy atom. The van der Waals surface area contributed by atoms with E-state index in [9.17, 15) is 0 Å². The Bertz CT molecular complexity index is 1180. The summed E-state index contributed by atoms with van der Waals surface area (Å²) in [6.07, 6.45) is 2.61. The molecule has 0 unspecified atom stereocenters. The molecule has 1 N–H and O–H groups in total. The van der Waals surface area contributed by atoms with Gasteiger partial charge < -0.3 is 14.6 Å². The highest BCUT2D eigenvalue weighted by molar-refractivity contribution is 6.99. The summed E-state index contributed by atoms with van der Waals surface area (Å²) in [4.78, 5) is 5.13. The number of nitrogens with zero attached hydrogens (tertiary/aromatic N) is 4. The number of hydrogen-bond acceptors (Lipinski definition) is 6. The summed E-state index contributed by atoms with van der Waals surface area (Å²) in [5.41, 5.74) is 0.953. The van der Waals surface area contributed by atoms with Crippen LogP contribution in [0.3, 0.4) is 0 Å². The van der Waals surface area contributed by atoms with Gasteiger partial charge in [0.1, 0.15) is 5.82 Å². The van der Waals surface area contributed by atoms with E-state index in [1.54, 1.807) is 0 Å². The van der Waals surface area contributed by atoms with Gasteiger partial charge in [0.05, 0.1) is 6.10 Å². The summed E-state index contributed by atoms with van der Waals surface area (Å²) in [7, 11) is -2.49. The molecule has 39 heavy (non-hydrogen) atoms. The smallest absolute Gasteiger partial charge is 0.261 e. The molecule has 5 rings (SSSR count). The van der Waals surface area contributed by atoms with Crippen LogP contribution in [0.4, 0.5) is 5.82 Å². The maximum Gasteiger partial charge on any atom is 0.261 e. The average Bonchev–Trinajstić information content (AvgIpc) is 2.90. The summed E-state index contributed by atoms with van der Waals surface area (Å²) >= 11 is 6.05. The number of nitrogens with one attached hydrogen (secondary N) is 1. The molecule has 2 aliphatic heterocycles. The minimum absolute atomic E-state index is 0.0128. The molecule has 8 heteroatoms. The lowest BCUT2D eigenvalue weighted by molar-refractivity contribution is 0.00685. The SMILES string of the molecule is Cc1cc(N[C@@H]2CCCN(CCN3CC(O[Si](c4ccccc4)(c4ccccc4)C(C)(C)C)C3)C2)nnc1Cl. The summed E-state index contributed by atoms with van der Waals surface area (Å²) in [5, 5.41) is 15.0. The molecule has 1 atom stereocenters. The van der Waals surface area contributed by atoms with E-state index in [1.165, 1.54) is 16.8 Å². The molecule has 3 heterocycles. The summed E-state index contributed by atoms with van der Waals surface area (Å²) in [6, 6.07) is 24.3. The van der Waals surface area contributed by atoms with Crippen LogP contribution >= 0.6 is 11.6 Å². The van der Waals surface area contributed by atoms with E-state index in [1.807, 2.05) is 13.0 Å². The van der Waals surface area contributed by atoms with E-state index in [0.717, 1.165) is 57.1 Å². The molecule has 0 spiro atoms. The number of halogens is 1. The number of likely N-dealkylation sites (tertiary alicyclic amines) is 2. The third-order valence-electron chi connectivity index (χ3n) is 8.20. The number of aryl methyl sites for hydroxylation is 1. The Kier molecular flexibility index (Phi) is 8.74. The van der Waals surface area contributed by atoms with Crippen molar-refractivity contribution in [1.82, 2.24) is 20.0 Å². The first kappa shape index (κ1) is 28.2. The lowest BCUT2D eigenvalue weighted by Crippen LogP contribution is -2.71. The second kappa shape index (κ2) is 12.1. The quantitative estimate of drug-likeness (QED) is 0.385. The van der Waals surface area contributed by atoms with Gasteiger partial charge in [0, 0.05) is 38.8 Å². The van der Waals surface area contributed by atoms with E-state index in [4.69, 9.17) is 16.0 Å². The van der Waals surface area contributed by atoms with E-state index in [0.29, 0.717) is 11.2 Å². The lowest BCUT2D eigenvalue weighted by Gasteiger charge is -2.50. The highest BCUT2D eigenvalue weighted by Crippen LogP contribution is 2.38. The van der Waals surface area contributed by atoms with Gasteiger partial charge in [0.15, 0.2) is 5.15 Å². The zero-order valence-corrected chi connectivity index (χ0v) is 25.5. The predicted molar refractivity (Wildman–Crippen MR) is 164 cm³/mol. The number of aromatic nitrogens is 2. The molecular weight excluding hydrogens is 522 g/mol. The Morgan fingerprint density at radius 2 is 1.54 bits per heavy atom. The van der Waals surface area contributed by atoms with Gasteiger partial charge in [0.25, 0.3) is 8.32 Å². The molecule has 208 valence electrons. The number of rotatable bonds is 9. The van der Waals surface area contributed by atoms with Crippen LogP contribution < -0.4 is 15.7 Å². The van der Waals surface area contributed by atoms with E-state index >= 15 is 0 Å². The number of benzene rings is 2. The maximum absolute atomic E-state index is 7.29.